The number of rotatable bonds is 1. The molecule has 0 aliphatic carbocycles. The molecule has 0 radical (unpaired) electrons. The van der Waals surface area contributed by atoms with Crippen LogP contribution in [0.3, 0.4) is 0 Å². The fourth-order valence-corrected chi connectivity index (χ4v) is 0.183. The van der Waals surface area contributed by atoms with Gasteiger partial charge in [0.25, 0.3) is 0 Å². The standard InChI is InChI=1S/C5H6F3NO/c1-3-4(2,10-9)5(6,7)8/h1H,9H2,2H3. The third kappa shape index (κ3) is 1.40. The topological polar surface area (TPSA) is 35.2 Å². The van der Waals surface area contributed by atoms with Gasteiger partial charge in [-0.15, -0.1) is 6.42 Å². The van der Waals surface area contributed by atoms with Crippen molar-refractivity contribution >= 4 is 0 Å². The van der Waals surface area contributed by atoms with Crippen molar-refractivity contribution in [1.82, 2.24) is 0 Å². The molecule has 10 heavy (non-hydrogen) atoms. The maximum atomic E-state index is 11.8. The molecule has 2 nitrogen and oxygen atoms in total. The molecule has 1 atom stereocenters. The van der Waals surface area contributed by atoms with E-state index < -0.39 is 11.8 Å². The van der Waals surface area contributed by atoms with Crippen LogP contribution in [-0.4, -0.2) is 11.8 Å². The Balaban J connectivity index is 4.54. The van der Waals surface area contributed by atoms with Crippen molar-refractivity contribution in [2.24, 2.45) is 5.90 Å². The number of hydrogen-bond acceptors (Lipinski definition) is 2. The van der Waals surface area contributed by atoms with Gasteiger partial charge in [-0.25, -0.2) is 5.90 Å². The first-order valence-electron chi connectivity index (χ1n) is 2.30. The van der Waals surface area contributed by atoms with E-state index in [1.807, 2.05) is 0 Å². The second-order valence-electron chi connectivity index (χ2n) is 1.79. The van der Waals surface area contributed by atoms with Crippen molar-refractivity contribution in [1.29, 1.82) is 0 Å². The SMILES string of the molecule is C#CC(C)(ON)C(F)(F)F. The van der Waals surface area contributed by atoms with E-state index in [4.69, 9.17) is 0 Å². The van der Waals surface area contributed by atoms with Gasteiger partial charge in [0.1, 0.15) is 0 Å². The maximum absolute atomic E-state index is 11.8. The summed E-state index contributed by atoms with van der Waals surface area (Å²) in [5.41, 5.74) is -2.67. The minimum atomic E-state index is -4.63. The molecular weight excluding hydrogens is 147 g/mol. The van der Waals surface area contributed by atoms with Gasteiger partial charge in [-0.05, 0) is 6.92 Å². The quantitative estimate of drug-likeness (QED) is 0.447. The summed E-state index contributed by atoms with van der Waals surface area (Å²) >= 11 is 0. The van der Waals surface area contributed by atoms with Gasteiger partial charge < -0.3 is 0 Å². The minimum absolute atomic E-state index is 0.674. The van der Waals surface area contributed by atoms with E-state index in [2.05, 4.69) is 17.2 Å². The van der Waals surface area contributed by atoms with Crippen LogP contribution in [0.15, 0.2) is 0 Å². The zero-order valence-corrected chi connectivity index (χ0v) is 5.20. The maximum Gasteiger partial charge on any atom is 0.430 e. The first-order chi connectivity index (χ1) is 4.37. The predicted octanol–water partition coefficient (Wildman–Crippen LogP) is 0.831. The van der Waals surface area contributed by atoms with Gasteiger partial charge in [0.15, 0.2) is 0 Å². The molecule has 0 rings (SSSR count). The van der Waals surface area contributed by atoms with Crippen molar-refractivity contribution in [2.45, 2.75) is 18.7 Å². The third-order valence-corrected chi connectivity index (χ3v) is 1.05. The van der Waals surface area contributed by atoms with E-state index in [0.717, 1.165) is 0 Å². The highest BCUT2D eigenvalue weighted by molar-refractivity contribution is 5.10. The van der Waals surface area contributed by atoms with Crippen molar-refractivity contribution < 1.29 is 18.0 Å². The highest BCUT2D eigenvalue weighted by Gasteiger charge is 2.51. The van der Waals surface area contributed by atoms with Crippen LogP contribution >= 0.6 is 0 Å². The van der Waals surface area contributed by atoms with Crippen molar-refractivity contribution in [3.63, 3.8) is 0 Å². The van der Waals surface area contributed by atoms with Gasteiger partial charge >= 0.3 is 6.18 Å². The molecule has 0 bridgehead atoms. The summed E-state index contributed by atoms with van der Waals surface area (Å²) in [5, 5.41) is 0. The van der Waals surface area contributed by atoms with Crippen molar-refractivity contribution in [2.75, 3.05) is 0 Å². The van der Waals surface area contributed by atoms with Gasteiger partial charge in [-0.1, -0.05) is 5.92 Å². The van der Waals surface area contributed by atoms with Crippen LogP contribution in [0.2, 0.25) is 0 Å². The summed E-state index contributed by atoms with van der Waals surface area (Å²) < 4.78 is 35.3. The number of halogens is 3. The molecule has 0 aliphatic rings. The molecular formula is C5H6F3NO. The highest BCUT2D eigenvalue weighted by Crippen LogP contribution is 2.31. The lowest BCUT2D eigenvalue weighted by Crippen LogP contribution is -2.45. The fraction of sp³-hybridized carbons (Fsp3) is 0.600. The number of nitrogens with two attached hydrogens (primary N) is 1. The van der Waals surface area contributed by atoms with Crippen LogP contribution in [0, 0.1) is 12.3 Å². The number of terminal acetylenes is 1. The Bertz CT molecular complexity index is 159. The smallest absolute Gasteiger partial charge is 0.276 e. The van der Waals surface area contributed by atoms with Crippen molar-refractivity contribution in [3.05, 3.63) is 0 Å². The summed E-state index contributed by atoms with van der Waals surface area (Å²) in [6, 6.07) is 0. The first kappa shape index (κ1) is 9.27. The van der Waals surface area contributed by atoms with Crippen LogP contribution in [0.25, 0.3) is 0 Å². The van der Waals surface area contributed by atoms with E-state index in [0.29, 0.717) is 6.92 Å². The summed E-state index contributed by atoms with van der Waals surface area (Å²) in [5.74, 6) is 5.74. The minimum Gasteiger partial charge on any atom is -0.276 e. The van der Waals surface area contributed by atoms with Gasteiger partial charge in [0.05, 0.1) is 0 Å². The highest BCUT2D eigenvalue weighted by atomic mass is 19.4. The lowest BCUT2D eigenvalue weighted by atomic mass is 10.1. The van der Waals surface area contributed by atoms with Gasteiger partial charge in [0, 0.05) is 0 Å². The Morgan fingerprint density at radius 3 is 1.90 bits per heavy atom. The molecule has 0 amide bonds. The molecule has 0 fully saturated rings. The molecule has 0 saturated carbocycles. The average molecular weight is 153 g/mol. The molecule has 0 heterocycles. The fourth-order valence-electron chi connectivity index (χ4n) is 0.183. The lowest BCUT2D eigenvalue weighted by Gasteiger charge is -2.23. The molecule has 0 saturated heterocycles. The summed E-state index contributed by atoms with van der Waals surface area (Å²) in [4.78, 5) is 3.59. The Morgan fingerprint density at radius 1 is 1.50 bits per heavy atom. The third-order valence-electron chi connectivity index (χ3n) is 1.05. The molecule has 0 spiro atoms. The molecule has 2 N–H and O–H groups in total. The van der Waals surface area contributed by atoms with Crippen LogP contribution in [-0.2, 0) is 4.84 Å². The molecule has 0 aromatic heterocycles. The van der Waals surface area contributed by atoms with Gasteiger partial charge in [0.2, 0.25) is 5.60 Å². The molecule has 0 aromatic carbocycles. The van der Waals surface area contributed by atoms with Crippen molar-refractivity contribution in [3.8, 4) is 12.3 Å². The van der Waals surface area contributed by atoms with E-state index >= 15 is 0 Å². The predicted molar refractivity (Wildman–Crippen MR) is 28.6 cm³/mol. The van der Waals surface area contributed by atoms with E-state index in [1.54, 1.807) is 0 Å². The van der Waals surface area contributed by atoms with Gasteiger partial charge in [-0.2, -0.15) is 13.2 Å². The number of hydrogen-bond donors (Lipinski definition) is 1. The Kier molecular flexibility index (Phi) is 2.30. The monoisotopic (exact) mass is 153 g/mol. The summed E-state index contributed by atoms with van der Waals surface area (Å²) in [6.07, 6.45) is -0.0998. The molecule has 5 heteroatoms. The lowest BCUT2D eigenvalue weighted by molar-refractivity contribution is -0.247. The molecule has 0 aliphatic heterocycles. The largest absolute Gasteiger partial charge is 0.430 e. The second kappa shape index (κ2) is 2.48. The first-order valence-corrected chi connectivity index (χ1v) is 2.30. The van der Waals surface area contributed by atoms with E-state index in [1.165, 1.54) is 5.92 Å². The zero-order chi connectivity index (χ0) is 8.41. The van der Waals surface area contributed by atoms with Gasteiger partial charge in [-0.3, -0.25) is 4.84 Å². The van der Waals surface area contributed by atoms with Crippen LogP contribution < -0.4 is 5.90 Å². The van der Waals surface area contributed by atoms with Crippen LogP contribution in [0.1, 0.15) is 6.92 Å². The molecule has 0 aromatic rings. The molecule has 1 unspecified atom stereocenters. The van der Waals surface area contributed by atoms with Crippen LogP contribution in [0.4, 0.5) is 13.2 Å². The normalized spacial score (nSPS) is 17.6. The van der Waals surface area contributed by atoms with Crippen LogP contribution in [0.5, 0.6) is 0 Å². The summed E-state index contributed by atoms with van der Waals surface area (Å²) in [6.45, 7) is 0.674. The Hall–Kier alpha value is -0.730. The Morgan fingerprint density at radius 2 is 1.90 bits per heavy atom. The number of alkyl halides is 3. The second-order valence-corrected chi connectivity index (χ2v) is 1.79. The summed E-state index contributed by atoms with van der Waals surface area (Å²) in [7, 11) is 0. The Labute approximate surface area is 56.1 Å². The van der Waals surface area contributed by atoms with E-state index in [-0.39, 0.29) is 0 Å². The zero-order valence-electron chi connectivity index (χ0n) is 5.20. The average Bonchev–Trinajstić information content (AvgIpc) is 1.84. The van der Waals surface area contributed by atoms with E-state index in [9.17, 15) is 13.2 Å². The molecule has 58 valence electrons.